The lowest BCUT2D eigenvalue weighted by atomic mass is 9.92. The Morgan fingerprint density at radius 1 is 1.12 bits per heavy atom. The Morgan fingerprint density at radius 2 is 1.90 bits per heavy atom. The van der Waals surface area contributed by atoms with Gasteiger partial charge in [0.1, 0.15) is 11.7 Å². The first-order valence-corrected chi connectivity index (χ1v) is 13.8. The molecular weight excluding hydrogens is 577 g/mol. The molecule has 4 heterocycles. The molecule has 13 heteroatoms. The standard InChI is InChI=1S/C29H28ClF3N4O5/c30-18-5-4-16-9-25(29(31,32)33)42-15-17-14-37(26(38)12-22(17)21(16)10-18)24(11-20-3-1-2-8-41-20)28(40)36-19-6-7-23(27(34)39)35-13-19/h4-7,10,12-14,20,24-25H,1-3,8-9,11,15H2,(H2,34,39)(H,36,40)/t20-,24?,25?/m0/s1. The van der Waals surface area contributed by atoms with Crippen molar-refractivity contribution < 1.29 is 32.2 Å². The number of carbonyl (C=O) groups is 2. The maximum atomic E-state index is 13.8. The Balaban J connectivity index is 1.55. The Labute approximate surface area is 243 Å². The topological polar surface area (TPSA) is 126 Å². The first kappa shape index (κ1) is 29.7. The van der Waals surface area contributed by atoms with Crippen LogP contribution in [0.5, 0.6) is 0 Å². The number of hydrogen-bond acceptors (Lipinski definition) is 6. The molecule has 222 valence electrons. The first-order valence-electron chi connectivity index (χ1n) is 13.4. The lowest BCUT2D eigenvalue weighted by Gasteiger charge is -2.29. The summed E-state index contributed by atoms with van der Waals surface area (Å²) in [6.45, 7) is 0.0688. The van der Waals surface area contributed by atoms with Crippen LogP contribution in [0.1, 0.15) is 53.3 Å². The number of hydrogen-bond donors (Lipinski definition) is 2. The average molecular weight is 605 g/mol. The van der Waals surface area contributed by atoms with E-state index in [1.807, 2.05) is 0 Å². The number of anilines is 1. The molecular formula is C29H28ClF3N4O5. The van der Waals surface area contributed by atoms with Crippen LogP contribution in [-0.2, 0) is 27.3 Å². The highest BCUT2D eigenvalue weighted by Gasteiger charge is 2.42. The molecule has 3 aromatic rings. The number of halogens is 4. The molecule has 1 aromatic carbocycles. The summed E-state index contributed by atoms with van der Waals surface area (Å²) in [4.78, 5) is 42.5. The van der Waals surface area contributed by atoms with Crippen LogP contribution in [0.15, 0.2) is 53.6 Å². The molecule has 1 saturated heterocycles. The van der Waals surface area contributed by atoms with Crippen LogP contribution in [0.25, 0.3) is 11.1 Å². The fourth-order valence-corrected chi connectivity index (χ4v) is 5.44. The number of pyridine rings is 2. The maximum Gasteiger partial charge on any atom is 0.414 e. The zero-order chi connectivity index (χ0) is 30.0. The third-order valence-electron chi connectivity index (χ3n) is 7.42. The Bertz CT molecular complexity index is 1540. The van der Waals surface area contributed by atoms with Crippen LogP contribution in [0.3, 0.4) is 0 Å². The summed E-state index contributed by atoms with van der Waals surface area (Å²) in [7, 11) is 0. The van der Waals surface area contributed by atoms with Crippen molar-refractivity contribution in [3.05, 3.63) is 81.0 Å². The Hall–Kier alpha value is -3.74. The van der Waals surface area contributed by atoms with E-state index in [2.05, 4.69) is 10.3 Å². The molecule has 0 bridgehead atoms. The van der Waals surface area contributed by atoms with Gasteiger partial charge in [0.05, 0.1) is 24.6 Å². The van der Waals surface area contributed by atoms with Gasteiger partial charge in [-0.15, -0.1) is 0 Å². The number of rotatable bonds is 6. The van der Waals surface area contributed by atoms with Gasteiger partial charge in [0, 0.05) is 42.3 Å². The van der Waals surface area contributed by atoms with Crippen molar-refractivity contribution >= 4 is 29.1 Å². The third kappa shape index (κ3) is 6.66. The molecule has 42 heavy (non-hydrogen) atoms. The predicted octanol–water partition coefficient (Wildman–Crippen LogP) is 4.81. The lowest BCUT2D eigenvalue weighted by molar-refractivity contribution is -0.223. The van der Waals surface area contributed by atoms with Crippen LogP contribution in [-0.4, -0.2) is 46.4 Å². The van der Waals surface area contributed by atoms with Crippen LogP contribution in [0.2, 0.25) is 5.02 Å². The highest BCUT2D eigenvalue weighted by atomic mass is 35.5. The highest BCUT2D eigenvalue weighted by Crippen LogP contribution is 2.37. The van der Waals surface area contributed by atoms with E-state index >= 15 is 0 Å². The molecule has 2 aliphatic rings. The SMILES string of the molecule is NC(=O)c1ccc(NC(=O)C(C[C@@H]2CCCCO2)n2cc3c(cc2=O)-c2cc(Cl)ccc2CC(C(F)(F)F)OC3)cn1. The van der Waals surface area contributed by atoms with E-state index in [9.17, 15) is 27.6 Å². The molecule has 0 radical (unpaired) electrons. The molecule has 2 aromatic heterocycles. The van der Waals surface area contributed by atoms with Crippen LogP contribution in [0.4, 0.5) is 18.9 Å². The number of carbonyl (C=O) groups excluding carboxylic acids is 2. The van der Waals surface area contributed by atoms with Gasteiger partial charge >= 0.3 is 6.18 Å². The fraction of sp³-hybridized carbons (Fsp3) is 0.379. The minimum absolute atomic E-state index is 0.00981. The molecule has 1 fully saturated rings. The average Bonchev–Trinajstić information content (AvgIpc) is 2.94. The van der Waals surface area contributed by atoms with Gasteiger partial charge in [0.25, 0.3) is 11.5 Å². The molecule has 0 aliphatic carbocycles. The molecule has 3 atom stereocenters. The summed E-state index contributed by atoms with van der Waals surface area (Å²) in [5.41, 5.74) is 6.38. The number of nitrogens with one attached hydrogen (secondary N) is 1. The van der Waals surface area contributed by atoms with Crippen molar-refractivity contribution in [3.63, 3.8) is 0 Å². The number of ether oxygens (including phenoxy) is 2. The van der Waals surface area contributed by atoms with E-state index in [0.717, 1.165) is 12.8 Å². The summed E-state index contributed by atoms with van der Waals surface area (Å²) >= 11 is 6.20. The maximum absolute atomic E-state index is 13.8. The van der Waals surface area contributed by atoms with Gasteiger partial charge in [0.2, 0.25) is 5.91 Å². The summed E-state index contributed by atoms with van der Waals surface area (Å²) < 4.78 is 53.8. The molecule has 5 rings (SSSR count). The van der Waals surface area contributed by atoms with E-state index in [-0.39, 0.29) is 23.9 Å². The van der Waals surface area contributed by atoms with E-state index in [1.165, 1.54) is 53.4 Å². The lowest BCUT2D eigenvalue weighted by Crippen LogP contribution is -2.38. The Morgan fingerprint density at radius 3 is 2.57 bits per heavy atom. The molecule has 0 spiro atoms. The number of fused-ring (bicyclic) bond motifs is 3. The number of nitrogens with zero attached hydrogens (tertiary/aromatic N) is 2. The summed E-state index contributed by atoms with van der Waals surface area (Å²) in [6.07, 6.45) is -2.21. The van der Waals surface area contributed by atoms with Crippen LogP contribution >= 0.6 is 11.6 Å². The number of amides is 2. The number of nitrogens with two attached hydrogens (primary N) is 1. The van der Waals surface area contributed by atoms with E-state index < -0.39 is 48.7 Å². The van der Waals surface area contributed by atoms with Gasteiger partial charge in [-0.1, -0.05) is 17.7 Å². The zero-order valence-corrected chi connectivity index (χ0v) is 23.1. The number of alkyl halides is 3. The van der Waals surface area contributed by atoms with E-state index in [1.54, 1.807) is 0 Å². The molecule has 9 nitrogen and oxygen atoms in total. The normalized spacial score (nSPS) is 19.5. The number of aromatic nitrogens is 2. The van der Waals surface area contributed by atoms with Crippen LogP contribution in [0, 0.1) is 0 Å². The van der Waals surface area contributed by atoms with Crippen LogP contribution < -0.4 is 16.6 Å². The van der Waals surface area contributed by atoms with Crippen molar-refractivity contribution in [1.82, 2.24) is 9.55 Å². The quantitative estimate of drug-likeness (QED) is 0.416. The van der Waals surface area contributed by atoms with Gasteiger partial charge in [0.15, 0.2) is 6.10 Å². The van der Waals surface area contributed by atoms with Crippen molar-refractivity contribution in [2.75, 3.05) is 11.9 Å². The van der Waals surface area contributed by atoms with Gasteiger partial charge in [-0.3, -0.25) is 14.4 Å². The smallest absolute Gasteiger partial charge is 0.378 e. The second-order valence-electron chi connectivity index (χ2n) is 10.3. The molecule has 2 aliphatic heterocycles. The van der Waals surface area contributed by atoms with Gasteiger partial charge in [-0.25, -0.2) is 4.98 Å². The van der Waals surface area contributed by atoms with Crippen molar-refractivity contribution in [1.29, 1.82) is 0 Å². The molecule has 2 unspecified atom stereocenters. The zero-order valence-electron chi connectivity index (χ0n) is 22.3. The summed E-state index contributed by atoms with van der Waals surface area (Å²) in [5, 5.41) is 3.01. The van der Waals surface area contributed by atoms with Gasteiger partial charge in [-0.2, -0.15) is 13.2 Å². The largest absolute Gasteiger partial charge is 0.414 e. The number of benzene rings is 1. The molecule has 2 amide bonds. The predicted molar refractivity (Wildman–Crippen MR) is 148 cm³/mol. The molecule has 0 saturated carbocycles. The van der Waals surface area contributed by atoms with Crippen molar-refractivity contribution in [3.8, 4) is 11.1 Å². The fourth-order valence-electron chi connectivity index (χ4n) is 5.27. The summed E-state index contributed by atoms with van der Waals surface area (Å²) in [6, 6.07) is 7.54. The third-order valence-corrected chi connectivity index (χ3v) is 7.65. The number of primary amides is 1. The van der Waals surface area contributed by atoms with E-state index in [0.29, 0.717) is 40.3 Å². The highest BCUT2D eigenvalue weighted by molar-refractivity contribution is 6.30. The minimum atomic E-state index is -4.62. The van der Waals surface area contributed by atoms with Crippen molar-refractivity contribution in [2.24, 2.45) is 5.73 Å². The summed E-state index contributed by atoms with van der Waals surface area (Å²) in [5.74, 6) is -1.30. The Kier molecular flexibility index (Phi) is 8.67. The monoisotopic (exact) mass is 604 g/mol. The first-order chi connectivity index (χ1) is 20.0. The van der Waals surface area contributed by atoms with Gasteiger partial charge in [-0.05, 0) is 60.2 Å². The minimum Gasteiger partial charge on any atom is -0.378 e. The second kappa shape index (κ2) is 12.2. The second-order valence-corrected chi connectivity index (χ2v) is 10.8. The van der Waals surface area contributed by atoms with E-state index in [4.69, 9.17) is 26.8 Å². The van der Waals surface area contributed by atoms with Crippen molar-refractivity contribution in [2.45, 2.75) is 63.1 Å². The van der Waals surface area contributed by atoms with Gasteiger partial charge < -0.3 is 25.1 Å². The molecule has 3 N–H and O–H groups in total.